The monoisotopic (exact) mass is 190 g/mol. The third-order valence-electron chi connectivity index (χ3n) is 2.37. The van der Waals surface area contributed by atoms with Crippen LogP contribution < -0.4 is 0 Å². The first-order valence-corrected chi connectivity index (χ1v) is 4.43. The second kappa shape index (κ2) is 3.90. The van der Waals surface area contributed by atoms with Crippen molar-refractivity contribution in [1.29, 1.82) is 0 Å². The van der Waals surface area contributed by atoms with Crippen LogP contribution in [0.4, 0.5) is 0 Å². The summed E-state index contributed by atoms with van der Waals surface area (Å²) in [6.45, 7) is 0. The normalized spacial score (nSPS) is 29.8. The van der Waals surface area contributed by atoms with Gasteiger partial charge in [-0.1, -0.05) is 12.8 Å². The molecular formula is C8H11ClO3. The molecule has 3 nitrogen and oxygen atoms in total. The quantitative estimate of drug-likeness (QED) is 0.674. The first-order chi connectivity index (χ1) is 5.63. The summed E-state index contributed by atoms with van der Waals surface area (Å²) in [4.78, 5) is 21.5. The van der Waals surface area contributed by atoms with Gasteiger partial charge in [-0.25, -0.2) is 0 Å². The molecule has 0 aromatic rings. The van der Waals surface area contributed by atoms with E-state index >= 15 is 0 Å². The molecule has 0 heterocycles. The number of halogens is 1. The maximum absolute atomic E-state index is 10.8. The summed E-state index contributed by atoms with van der Waals surface area (Å²) in [6.07, 6.45) is 3.00. The fourth-order valence-corrected chi connectivity index (χ4v) is 1.96. The van der Waals surface area contributed by atoms with Crippen molar-refractivity contribution in [1.82, 2.24) is 0 Å². The van der Waals surface area contributed by atoms with Crippen molar-refractivity contribution in [2.24, 2.45) is 11.8 Å². The van der Waals surface area contributed by atoms with Gasteiger partial charge in [-0.3, -0.25) is 9.59 Å². The molecule has 4 heteroatoms. The van der Waals surface area contributed by atoms with Crippen molar-refractivity contribution in [3.63, 3.8) is 0 Å². The van der Waals surface area contributed by atoms with E-state index in [1.165, 1.54) is 0 Å². The van der Waals surface area contributed by atoms with Crippen molar-refractivity contribution >= 4 is 22.8 Å². The topological polar surface area (TPSA) is 54.4 Å². The lowest BCUT2D eigenvalue weighted by Crippen LogP contribution is -2.30. The van der Waals surface area contributed by atoms with Crippen molar-refractivity contribution in [3.8, 4) is 0 Å². The number of carboxylic acids is 1. The zero-order valence-electron chi connectivity index (χ0n) is 6.62. The number of rotatable bonds is 2. The Balaban J connectivity index is 2.67. The van der Waals surface area contributed by atoms with Gasteiger partial charge in [-0.15, -0.1) is 0 Å². The molecule has 0 aromatic carbocycles. The molecule has 0 saturated heterocycles. The van der Waals surface area contributed by atoms with Crippen LogP contribution >= 0.6 is 11.6 Å². The maximum atomic E-state index is 10.8. The fourth-order valence-electron chi connectivity index (χ4n) is 1.70. The second-order valence-corrected chi connectivity index (χ2v) is 3.51. The minimum Gasteiger partial charge on any atom is -0.481 e. The van der Waals surface area contributed by atoms with E-state index in [0.717, 1.165) is 12.8 Å². The highest BCUT2D eigenvalue weighted by atomic mass is 35.5. The van der Waals surface area contributed by atoms with Crippen LogP contribution in [0.1, 0.15) is 25.7 Å². The van der Waals surface area contributed by atoms with Gasteiger partial charge in [-0.05, 0) is 24.4 Å². The molecule has 1 aliphatic rings. The highest BCUT2D eigenvalue weighted by molar-refractivity contribution is 6.64. The first-order valence-electron chi connectivity index (χ1n) is 4.05. The van der Waals surface area contributed by atoms with Crippen LogP contribution in [-0.4, -0.2) is 16.3 Å². The third-order valence-corrected chi connectivity index (χ3v) is 2.65. The molecule has 0 unspecified atom stereocenters. The third kappa shape index (κ3) is 1.97. The second-order valence-electron chi connectivity index (χ2n) is 3.14. The molecular weight excluding hydrogens is 180 g/mol. The van der Waals surface area contributed by atoms with E-state index in [9.17, 15) is 9.59 Å². The molecule has 12 heavy (non-hydrogen) atoms. The molecule has 68 valence electrons. The maximum Gasteiger partial charge on any atom is 0.307 e. The van der Waals surface area contributed by atoms with Crippen molar-refractivity contribution in [2.45, 2.75) is 25.7 Å². The van der Waals surface area contributed by atoms with E-state index in [4.69, 9.17) is 16.7 Å². The minimum atomic E-state index is -0.895. The van der Waals surface area contributed by atoms with E-state index < -0.39 is 23.0 Å². The van der Waals surface area contributed by atoms with E-state index in [-0.39, 0.29) is 0 Å². The predicted octanol–water partition coefficient (Wildman–Crippen LogP) is 1.64. The Morgan fingerprint density at radius 3 is 2.00 bits per heavy atom. The molecule has 0 aromatic heterocycles. The van der Waals surface area contributed by atoms with Gasteiger partial charge >= 0.3 is 5.97 Å². The van der Waals surface area contributed by atoms with Gasteiger partial charge in [0.25, 0.3) is 0 Å². The number of aliphatic carboxylic acids is 1. The number of carbonyl (C=O) groups excluding carboxylic acids is 1. The lowest BCUT2D eigenvalue weighted by atomic mass is 9.80. The van der Waals surface area contributed by atoms with Crippen LogP contribution in [0.5, 0.6) is 0 Å². The highest BCUT2D eigenvalue weighted by Crippen LogP contribution is 2.31. The molecule has 1 fully saturated rings. The van der Waals surface area contributed by atoms with E-state index in [2.05, 4.69) is 0 Å². The Morgan fingerprint density at radius 2 is 1.67 bits per heavy atom. The molecule has 1 saturated carbocycles. The van der Waals surface area contributed by atoms with Gasteiger partial charge in [0, 0.05) is 5.92 Å². The number of hydrogen-bond donors (Lipinski definition) is 1. The summed E-state index contributed by atoms with van der Waals surface area (Å²) in [6, 6.07) is 0. The summed E-state index contributed by atoms with van der Waals surface area (Å²) >= 11 is 5.29. The van der Waals surface area contributed by atoms with Gasteiger partial charge in [0.1, 0.15) is 0 Å². The average Bonchev–Trinajstić information content (AvgIpc) is 2.04. The van der Waals surface area contributed by atoms with E-state index in [1.807, 2.05) is 0 Å². The lowest BCUT2D eigenvalue weighted by Gasteiger charge is -2.24. The molecule has 0 spiro atoms. The standard InChI is InChI=1S/C8H11ClO3/c9-7(10)5-3-1-2-4-6(5)8(11)12/h5-6H,1-4H2,(H,11,12)/t5-,6-/m1/s1. The summed E-state index contributed by atoms with van der Waals surface area (Å²) in [5.74, 6) is -1.91. The predicted molar refractivity (Wildman–Crippen MR) is 43.9 cm³/mol. The van der Waals surface area contributed by atoms with Crippen molar-refractivity contribution < 1.29 is 14.7 Å². The van der Waals surface area contributed by atoms with Gasteiger partial charge in [-0.2, -0.15) is 0 Å². The average molecular weight is 191 g/mol. The molecule has 0 bridgehead atoms. The minimum absolute atomic E-state index is 0.460. The summed E-state index contributed by atoms with van der Waals surface area (Å²) in [7, 11) is 0. The van der Waals surface area contributed by atoms with E-state index in [1.54, 1.807) is 0 Å². The van der Waals surface area contributed by atoms with Crippen LogP contribution in [-0.2, 0) is 9.59 Å². The van der Waals surface area contributed by atoms with Crippen LogP contribution in [0.2, 0.25) is 0 Å². The molecule has 2 atom stereocenters. The van der Waals surface area contributed by atoms with Crippen LogP contribution in [0.15, 0.2) is 0 Å². The fraction of sp³-hybridized carbons (Fsp3) is 0.750. The molecule has 0 aliphatic heterocycles. The molecule has 1 aliphatic carbocycles. The Kier molecular flexibility index (Phi) is 3.09. The molecule has 1 rings (SSSR count). The summed E-state index contributed by atoms with van der Waals surface area (Å²) in [5.41, 5.74) is 0. The van der Waals surface area contributed by atoms with E-state index in [0.29, 0.717) is 12.8 Å². The van der Waals surface area contributed by atoms with Gasteiger partial charge in [0.2, 0.25) is 5.24 Å². The Morgan fingerprint density at radius 1 is 1.17 bits per heavy atom. The van der Waals surface area contributed by atoms with Crippen LogP contribution in [0.25, 0.3) is 0 Å². The smallest absolute Gasteiger partial charge is 0.307 e. The lowest BCUT2D eigenvalue weighted by molar-refractivity contribution is -0.147. The number of hydrogen-bond acceptors (Lipinski definition) is 2. The van der Waals surface area contributed by atoms with Crippen molar-refractivity contribution in [3.05, 3.63) is 0 Å². The zero-order valence-corrected chi connectivity index (χ0v) is 7.38. The molecule has 0 amide bonds. The highest BCUT2D eigenvalue weighted by Gasteiger charge is 2.34. The van der Waals surface area contributed by atoms with Crippen LogP contribution in [0.3, 0.4) is 0 Å². The Labute approximate surface area is 75.7 Å². The SMILES string of the molecule is O=C(O)[C@@H]1CCCC[C@H]1C(=O)Cl. The Bertz CT molecular complexity index is 180. The summed E-state index contributed by atoms with van der Waals surface area (Å²) in [5, 5.41) is 8.25. The van der Waals surface area contributed by atoms with Crippen LogP contribution in [0, 0.1) is 11.8 Å². The molecule has 0 radical (unpaired) electrons. The van der Waals surface area contributed by atoms with Gasteiger partial charge < -0.3 is 5.11 Å². The van der Waals surface area contributed by atoms with Crippen molar-refractivity contribution in [2.75, 3.05) is 0 Å². The first kappa shape index (κ1) is 9.52. The number of carboxylic acid groups (broad SMARTS) is 1. The Hall–Kier alpha value is -0.570. The van der Waals surface area contributed by atoms with Gasteiger partial charge in [0.15, 0.2) is 0 Å². The number of carbonyl (C=O) groups is 2. The summed E-state index contributed by atoms with van der Waals surface area (Å²) < 4.78 is 0. The largest absolute Gasteiger partial charge is 0.481 e. The van der Waals surface area contributed by atoms with Gasteiger partial charge in [0.05, 0.1) is 5.92 Å². The zero-order chi connectivity index (χ0) is 9.14. The molecule has 1 N–H and O–H groups in total.